The number of amidine groups is 1. The molecule has 0 bridgehead atoms. The van der Waals surface area contributed by atoms with Gasteiger partial charge in [0, 0.05) is 0 Å². The molecule has 1 atom stereocenters. The molecule has 2 heterocycles. The largest absolute Gasteiger partial charge is 0.504 e. The summed E-state index contributed by atoms with van der Waals surface area (Å²) in [7, 11) is 1.60. The van der Waals surface area contributed by atoms with Crippen molar-refractivity contribution in [3.63, 3.8) is 0 Å². The van der Waals surface area contributed by atoms with Crippen molar-refractivity contribution in [2.24, 2.45) is 15.9 Å². The Kier molecular flexibility index (Phi) is 3.54. The Morgan fingerprint density at radius 2 is 2.00 bits per heavy atom. The molecule has 120 valence electrons. The summed E-state index contributed by atoms with van der Waals surface area (Å²) < 4.78 is 11.2. The summed E-state index contributed by atoms with van der Waals surface area (Å²) in [6, 6.07) is 12.8. The zero-order valence-corrected chi connectivity index (χ0v) is 13.7. The Hall–Kier alpha value is -2.73. The molecule has 0 fully saturated rings. The number of thiocarbonyl (C=S) groups is 1. The maximum absolute atomic E-state index is 10.0. The van der Waals surface area contributed by atoms with E-state index < -0.39 is 0 Å². The smallest absolute Gasteiger partial charge is 0.207 e. The number of methoxy groups -OCH3 is 1. The van der Waals surface area contributed by atoms with E-state index in [1.165, 1.54) is 0 Å². The molecule has 4 rings (SSSR count). The van der Waals surface area contributed by atoms with Gasteiger partial charge in [-0.1, -0.05) is 36.5 Å². The van der Waals surface area contributed by atoms with Gasteiger partial charge in [0.05, 0.1) is 18.6 Å². The maximum Gasteiger partial charge on any atom is 0.207 e. The second-order valence-electron chi connectivity index (χ2n) is 5.55. The number of aliphatic imine (C=N–C) groups is 2. The van der Waals surface area contributed by atoms with E-state index in [-0.39, 0.29) is 11.7 Å². The van der Waals surface area contributed by atoms with Crippen molar-refractivity contribution in [1.82, 2.24) is 0 Å². The molecule has 0 aliphatic carbocycles. The molecule has 2 aliphatic rings. The fraction of sp³-hybridized carbons (Fsp3) is 0.167. The van der Waals surface area contributed by atoms with Gasteiger partial charge in [-0.3, -0.25) is 0 Å². The van der Waals surface area contributed by atoms with Crippen LogP contribution in [0.4, 0.5) is 0 Å². The monoisotopic (exact) mass is 338 g/mol. The van der Waals surface area contributed by atoms with Gasteiger partial charge in [0.15, 0.2) is 17.3 Å². The molecule has 1 N–H and O–H groups in total. The minimum atomic E-state index is -0.187. The molecule has 0 amide bonds. The van der Waals surface area contributed by atoms with Crippen LogP contribution in [-0.2, 0) is 6.42 Å². The highest BCUT2D eigenvalue weighted by Crippen LogP contribution is 2.38. The van der Waals surface area contributed by atoms with E-state index in [9.17, 15) is 5.11 Å². The number of rotatable bonds is 2. The SMILES string of the molecule is COc1ccccc1C1=NC(=S)C2Cc3cccc(O)c3OC2=N1. The zero-order chi connectivity index (χ0) is 16.7. The number of nitrogens with zero attached hydrogens (tertiary/aromatic N) is 2. The van der Waals surface area contributed by atoms with Crippen molar-refractivity contribution >= 4 is 28.9 Å². The van der Waals surface area contributed by atoms with E-state index >= 15 is 0 Å². The van der Waals surface area contributed by atoms with Gasteiger partial charge >= 0.3 is 0 Å². The van der Waals surface area contributed by atoms with Crippen LogP contribution in [0.5, 0.6) is 17.2 Å². The Morgan fingerprint density at radius 1 is 1.17 bits per heavy atom. The lowest BCUT2D eigenvalue weighted by Gasteiger charge is -2.28. The number of hydrogen-bond donors (Lipinski definition) is 1. The van der Waals surface area contributed by atoms with E-state index in [1.54, 1.807) is 19.2 Å². The number of phenols is 1. The molecule has 1 unspecified atom stereocenters. The molecular formula is C18H14N2O3S. The van der Waals surface area contributed by atoms with Crippen molar-refractivity contribution in [1.29, 1.82) is 0 Å². The van der Waals surface area contributed by atoms with Crippen LogP contribution in [-0.4, -0.2) is 28.9 Å². The van der Waals surface area contributed by atoms with Crippen LogP contribution in [0.15, 0.2) is 52.4 Å². The summed E-state index contributed by atoms with van der Waals surface area (Å²) in [5.41, 5.74) is 1.65. The van der Waals surface area contributed by atoms with Crippen molar-refractivity contribution in [2.45, 2.75) is 6.42 Å². The molecule has 6 heteroatoms. The molecule has 0 radical (unpaired) electrons. The number of para-hydroxylation sites is 2. The van der Waals surface area contributed by atoms with Crippen LogP contribution in [0.2, 0.25) is 0 Å². The van der Waals surface area contributed by atoms with E-state index in [4.69, 9.17) is 21.7 Å². The molecule has 0 spiro atoms. The summed E-state index contributed by atoms with van der Waals surface area (Å²) in [6.45, 7) is 0. The average Bonchev–Trinajstić information content (AvgIpc) is 2.61. The first kappa shape index (κ1) is 14.8. The highest BCUT2D eigenvalue weighted by molar-refractivity contribution is 7.80. The lowest BCUT2D eigenvalue weighted by molar-refractivity contribution is 0.410. The van der Waals surface area contributed by atoms with Gasteiger partial charge in [-0.25, -0.2) is 4.99 Å². The van der Waals surface area contributed by atoms with Crippen LogP contribution in [0, 0.1) is 5.92 Å². The minimum Gasteiger partial charge on any atom is -0.504 e. The van der Waals surface area contributed by atoms with Crippen molar-refractivity contribution in [3.05, 3.63) is 53.6 Å². The van der Waals surface area contributed by atoms with Gasteiger partial charge in [0.2, 0.25) is 5.90 Å². The number of benzene rings is 2. The molecule has 24 heavy (non-hydrogen) atoms. The number of aromatic hydroxyl groups is 1. The molecule has 2 aliphatic heterocycles. The Morgan fingerprint density at radius 3 is 2.83 bits per heavy atom. The van der Waals surface area contributed by atoms with E-state index in [2.05, 4.69) is 9.98 Å². The second-order valence-corrected chi connectivity index (χ2v) is 5.97. The topological polar surface area (TPSA) is 63.4 Å². The van der Waals surface area contributed by atoms with Gasteiger partial charge in [0.25, 0.3) is 0 Å². The summed E-state index contributed by atoms with van der Waals surface area (Å²) >= 11 is 5.47. The zero-order valence-electron chi connectivity index (χ0n) is 12.9. The standard InChI is InChI=1S/C18H14N2O3S/c1-22-14-8-3-2-6-11(14)16-19-17-12(18(24)20-16)9-10-5-4-7-13(21)15(10)23-17/h2-8,12,21H,9H2,1H3. The van der Waals surface area contributed by atoms with Crippen LogP contribution in [0.1, 0.15) is 11.1 Å². The molecule has 0 saturated heterocycles. The first-order valence-corrected chi connectivity index (χ1v) is 7.91. The fourth-order valence-electron chi connectivity index (χ4n) is 2.89. The fourth-order valence-corrected chi connectivity index (χ4v) is 3.16. The molecule has 2 aromatic carbocycles. The van der Waals surface area contributed by atoms with Crippen LogP contribution < -0.4 is 9.47 Å². The predicted molar refractivity (Wildman–Crippen MR) is 95.5 cm³/mol. The first-order chi connectivity index (χ1) is 11.7. The van der Waals surface area contributed by atoms with Gasteiger partial charge in [-0.15, -0.1) is 0 Å². The highest BCUT2D eigenvalue weighted by atomic mass is 32.1. The van der Waals surface area contributed by atoms with E-state index in [0.29, 0.717) is 34.6 Å². The highest BCUT2D eigenvalue weighted by Gasteiger charge is 2.35. The van der Waals surface area contributed by atoms with Crippen LogP contribution in [0.25, 0.3) is 0 Å². The van der Waals surface area contributed by atoms with Gasteiger partial charge < -0.3 is 14.6 Å². The maximum atomic E-state index is 10.0. The minimum absolute atomic E-state index is 0.0981. The molecule has 5 nitrogen and oxygen atoms in total. The van der Waals surface area contributed by atoms with E-state index in [0.717, 1.165) is 11.1 Å². The summed E-state index contributed by atoms with van der Waals surface area (Å²) in [4.78, 5) is 9.54. The van der Waals surface area contributed by atoms with E-state index in [1.807, 2.05) is 30.3 Å². The molecule has 2 aromatic rings. The lowest BCUT2D eigenvalue weighted by Crippen LogP contribution is -2.36. The quantitative estimate of drug-likeness (QED) is 0.855. The third-order valence-corrected chi connectivity index (χ3v) is 4.46. The molecule has 0 saturated carbocycles. The summed E-state index contributed by atoms with van der Waals surface area (Å²) in [5, 5.41) is 10.0. The van der Waals surface area contributed by atoms with Crippen molar-refractivity contribution in [3.8, 4) is 17.2 Å². The lowest BCUT2D eigenvalue weighted by atomic mass is 9.94. The molecular weight excluding hydrogens is 324 g/mol. The van der Waals surface area contributed by atoms with Gasteiger partial charge in [-0.05, 0) is 30.2 Å². The summed E-state index contributed by atoms with van der Waals surface area (Å²) in [6.07, 6.45) is 0.615. The van der Waals surface area contributed by atoms with Crippen LogP contribution >= 0.6 is 12.2 Å². The first-order valence-electron chi connectivity index (χ1n) is 7.50. The third-order valence-electron chi connectivity index (χ3n) is 4.08. The Balaban J connectivity index is 1.78. The molecule has 0 aromatic heterocycles. The number of ether oxygens (including phenoxy) is 2. The number of fused-ring (bicyclic) bond motifs is 2. The summed E-state index contributed by atoms with van der Waals surface area (Å²) in [5.74, 6) is 1.94. The van der Waals surface area contributed by atoms with Gasteiger partial charge in [-0.2, -0.15) is 4.99 Å². The Bertz CT molecular complexity index is 905. The van der Waals surface area contributed by atoms with Crippen molar-refractivity contribution in [2.75, 3.05) is 7.11 Å². The van der Waals surface area contributed by atoms with Crippen molar-refractivity contribution < 1.29 is 14.6 Å². The second kappa shape index (κ2) is 5.72. The van der Waals surface area contributed by atoms with Crippen LogP contribution in [0.3, 0.4) is 0 Å². The number of hydrogen-bond acceptors (Lipinski definition) is 5. The van der Waals surface area contributed by atoms with Gasteiger partial charge in [0.1, 0.15) is 10.7 Å². The third kappa shape index (κ3) is 2.35. The normalized spacial score (nSPS) is 18.7. The predicted octanol–water partition coefficient (Wildman–Crippen LogP) is 3.14. The number of phenolic OH excluding ortho intramolecular Hbond substituents is 1. The Labute approximate surface area is 144 Å². The average molecular weight is 338 g/mol.